The number of carbonyl (C=O) groups is 1. The minimum Gasteiger partial charge on any atom is -0.497 e. The molecule has 1 aliphatic rings. The average molecular weight is 312 g/mol. The van der Waals surface area contributed by atoms with E-state index in [2.05, 4.69) is 22.9 Å². The van der Waals surface area contributed by atoms with Gasteiger partial charge in [-0.2, -0.15) is 0 Å². The summed E-state index contributed by atoms with van der Waals surface area (Å²) >= 11 is 3.45. The van der Waals surface area contributed by atoms with Gasteiger partial charge in [0.05, 0.1) is 18.0 Å². The zero-order chi connectivity index (χ0) is 13.1. The Kier molecular flexibility index (Phi) is 4.27. The standard InChI is InChI=1S/C14H18BrNO2/c1-10(11-5-7-12(18-2)8-6-11)16-9-3-4-13(15)14(16)17/h5-8,10,13H,3-4,9H2,1-2H3. The molecule has 18 heavy (non-hydrogen) atoms. The summed E-state index contributed by atoms with van der Waals surface area (Å²) in [6.45, 7) is 2.92. The summed E-state index contributed by atoms with van der Waals surface area (Å²) in [6, 6.07) is 8.03. The van der Waals surface area contributed by atoms with Gasteiger partial charge in [0.25, 0.3) is 0 Å². The van der Waals surface area contributed by atoms with Crippen molar-refractivity contribution in [1.29, 1.82) is 0 Å². The third-order valence-corrected chi connectivity index (χ3v) is 4.32. The van der Waals surface area contributed by atoms with Crippen molar-refractivity contribution in [2.75, 3.05) is 13.7 Å². The number of piperidine rings is 1. The fourth-order valence-electron chi connectivity index (χ4n) is 2.30. The Labute approximate surface area is 116 Å². The van der Waals surface area contributed by atoms with E-state index < -0.39 is 0 Å². The van der Waals surface area contributed by atoms with Crippen LogP contribution in [0, 0.1) is 0 Å². The molecule has 0 aliphatic carbocycles. The van der Waals surface area contributed by atoms with Gasteiger partial charge >= 0.3 is 0 Å². The van der Waals surface area contributed by atoms with Gasteiger partial charge in [-0.15, -0.1) is 0 Å². The van der Waals surface area contributed by atoms with Gasteiger partial charge in [0.15, 0.2) is 0 Å². The molecule has 1 aliphatic heterocycles. The van der Waals surface area contributed by atoms with Crippen molar-refractivity contribution < 1.29 is 9.53 Å². The van der Waals surface area contributed by atoms with E-state index >= 15 is 0 Å². The number of amides is 1. The molecular weight excluding hydrogens is 294 g/mol. The summed E-state index contributed by atoms with van der Waals surface area (Å²) in [5.74, 6) is 1.04. The maximum Gasteiger partial charge on any atom is 0.236 e. The molecule has 0 bridgehead atoms. The molecule has 98 valence electrons. The Bertz CT molecular complexity index is 418. The molecule has 0 saturated carbocycles. The van der Waals surface area contributed by atoms with Crippen molar-refractivity contribution in [3.8, 4) is 5.75 Å². The summed E-state index contributed by atoms with van der Waals surface area (Å²) in [5, 5.41) is 0. The lowest BCUT2D eigenvalue weighted by atomic mass is 10.0. The van der Waals surface area contributed by atoms with E-state index in [4.69, 9.17) is 4.74 Å². The molecule has 0 spiro atoms. The Morgan fingerprint density at radius 3 is 2.67 bits per heavy atom. The number of hydrogen-bond donors (Lipinski definition) is 0. The summed E-state index contributed by atoms with van der Waals surface area (Å²) in [6.07, 6.45) is 1.99. The summed E-state index contributed by atoms with van der Waals surface area (Å²) < 4.78 is 5.14. The first-order valence-electron chi connectivity index (χ1n) is 6.22. The topological polar surface area (TPSA) is 29.5 Å². The first-order valence-corrected chi connectivity index (χ1v) is 7.13. The Balaban J connectivity index is 2.14. The van der Waals surface area contributed by atoms with Gasteiger partial charge < -0.3 is 9.64 Å². The van der Waals surface area contributed by atoms with Crippen LogP contribution in [0.4, 0.5) is 0 Å². The molecule has 1 aromatic rings. The van der Waals surface area contributed by atoms with Crippen LogP contribution in [-0.4, -0.2) is 29.3 Å². The van der Waals surface area contributed by atoms with Crippen LogP contribution in [0.25, 0.3) is 0 Å². The van der Waals surface area contributed by atoms with Crippen LogP contribution in [0.15, 0.2) is 24.3 Å². The van der Waals surface area contributed by atoms with Crippen LogP contribution in [0.2, 0.25) is 0 Å². The monoisotopic (exact) mass is 311 g/mol. The normalized spacial score (nSPS) is 21.8. The first-order chi connectivity index (χ1) is 8.63. The third-order valence-electron chi connectivity index (χ3n) is 3.47. The average Bonchev–Trinajstić information content (AvgIpc) is 2.41. The molecule has 0 N–H and O–H groups in total. The summed E-state index contributed by atoms with van der Waals surface area (Å²) in [5.41, 5.74) is 1.14. The Morgan fingerprint density at radius 2 is 2.06 bits per heavy atom. The molecule has 2 rings (SSSR count). The van der Waals surface area contributed by atoms with Crippen LogP contribution in [0.1, 0.15) is 31.4 Å². The summed E-state index contributed by atoms with van der Waals surface area (Å²) in [4.78, 5) is 14.0. The van der Waals surface area contributed by atoms with Gasteiger partial charge in [-0.05, 0) is 37.5 Å². The molecule has 4 heteroatoms. The molecule has 0 radical (unpaired) electrons. The molecule has 1 aromatic carbocycles. The number of alkyl halides is 1. The maximum absolute atomic E-state index is 12.1. The minimum atomic E-state index is -0.0213. The van der Waals surface area contributed by atoms with Crippen molar-refractivity contribution in [3.05, 3.63) is 29.8 Å². The molecule has 0 aromatic heterocycles. The van der Waals surface area contributed by atoms with Crippen molar-refractivity contribution in [3.63, 3.8) is 0 Å². The number of nitrogens with zero attached hydrogens (tertiary/aromatic N) is 1. The van der Waals surface area contributed by atoms with Gasteiger partial charge in [-0.3, -0.25) is 4.79 Å². The number of halogens is 1. The van der Waals surface area contributed by atoms with E-state index in [-0.39, 0.29) is 16.8 Å². The highest BCUT2D eigenvalue weighted by Gasteiger charge is 2.30. The Hall–Kier alpha value is -1.03. The van der Waals surface area contributed by atoms with Crippen molar-refractivity contribution in [2.24, 2.45) is 0 Å². The van der Waals surface area contributed by atoms with E-state index in [1.54, 1.807) is 7.11 Å². The Morgan fingerprint density at radius 1 is 1.39 bits per heavy atom. The number of carbonyl (C=O) groups excluding carboxylic acids is 1. The van der Waals surface area contributed by atoms with Crippen LogP contribution in [0.3, 0.4) is 0 Å². The number of methoxy groups -OCH3 is 1. The predicted molar refractivity (Wildman–Crippen MR) is 75.1 cm³/mol. The van der Waals surface area contributed by atoms with Crippen molar-refractivity contribution >= 4 is 21.8 Å². The first kappa shape index (κ1) is 13.4. The number of ether oxygens (including phenoxy) is 1. The molecule has 2 atom stereocenters. The number of rotatable bonds is 3. The summed E-state index contributed by atoms with van der Waals surface area (Å²) in [7, 11) is 1.65. The number of hydrogen-bond acceptors (Lipinski definition) is 2. The lowest BCUT2D eigenvalue weighted by Crippen LogP contribution is -2.43. The number of benzene rings is 1. The van der Waals surface area contributed by atoms with Crippen LogP contribution < -0.4 is 4.74 Å². The highest BCUT2D eigenvalue weighted by atomic mass is 79.9. The smallest absolute Gasteiger partial charge is 0.236 e. The lowest BCUT2D eigenvalue weighted by Gasteiger charge is -2.35. The predicted octanol–water partition coefficient (Wildman–Crippen LogP) is 3.14. The molecule has 1 saturated heterocycles. The van der Waals surface area contributed by atoms with E-state index in [0.29, 0.717) is 0 Å². The molecule has 1 amide bonds. The number of likely N-dealkylation sites (tertiary alicyclic amines) is 1. The largest absolute Gasteiger partial charge is 0.497 e. The SMILES string of the molecule is COc1ccc(C(C)N2CCCC(Br)C2=O)cc1. The van der Waals surface area contributed by atoms with Crippen molar-refractivity contribution in [2.45, 2.75) is 30.6 Å². The van der Waals surface area contributed by atoms with Crippen LogP contribution in [0.5, 0.6) is 5.75 Å². The van der Waals surface area contributed by atoms with Crippen LogP contribution in [-0.2, 0) is 4.79 Å². The second-order valence-corrected chi connectivity index (χ2v) is 5.70. The highest BCUT2D eigenvalue weighted by molar-refractivity contribution is 9.10. The van der Waals surface area contributed by atoms with Gasteiger partial charge in [-0.25, -0.2) is 0 Å². The maximum atomic E-state index is 12.1. The van der Waals surface area contributed by atoms with Crippen molar-refractivity contribution in [1.82, 2.24) is 4.90 Å². The fourth-order valence-corrected chi connectivity index (χ4v) is 2.89. The molecule has 1 heterocycles. The van der Waals surface area contributed by atoms with Gasteiger partial charge in [0.1, 0.15) is 5.75 Å². The van der Waals surface area contributed by atoms with E-state index in [9.17, 15) is 4.79 Å². The second-order valence-electron chi connectivity index (χ2n) is 4.59. The quantitative estimate of drug-likeness (QED) is 0.803. The minimum absolute atomic E-state index is 0.0213. The van der Waals surface area contributed by atoms with Crippen LogP contribution >= 0.6 is 15.9 Å². The zero-order valence-corrected chi connectivity index (χ0v) is 12.3. The zero-order valence-electron chi connectivity index (χ0n) is 10.7. The fraction of sp³-hybridized carbons (Fsp3) is 0.500. The van der Waals surface area contributed by atoms with Gasteiger partial charge in [-0.1, -0.05) is 28.1 Å². The third kappa shape index (κ3) is 2.69. The molecule has 3 nitrogen and oxygen atoms in total. The molecule has 2 unspecified atom stereocenters. The molecule has 1 fully saturated rings. The van der Waals surface area contributed by atoms with E-state index in [1.807, 2.05) is 29.2 Å². The highest BCUT2D eigenvalue weighted by Crippen LogP contribution is 2.28. The van der Waals surface area contributed by atoms with Gasteiger partial charge in [0.2, 0.25) is 5.91 Å². The van der Waals surface area contributed by atoms with Gasteiger partial charge in [0, 0.05) is 6.54 Å². The van der Waals surface area contributed by atoms with E-state index in [1.165, 1.54) is 0 Å². The van der Waals surface area contributed by atoms with E-state index in [0.717, 1.165) is 30.7 Å². The second kappa shape index (κ2) is 5.74. The lowest BCUT2D eigenvalue weighted by molar-refractivity contribution is -0.134. The molecular formula is C14H18BrNO2.